The van der Waals surface area contributed by atoms with Gasteiger partial charge in [-0.1, -0.05) is 45.4 Å². The Balaban J connectivity index is 2.23. The summed E-state index contributed by atoms with van der Waals surface area (Å²) in [5.41, 5.74) is 0. The molecule has 0 aromatic carbocycles. The van der Waals surface area contributed by atoms with Crippen molar-refractivity contribution in [1.82, 2.24) is 5.32 Å². The van der Waals surface area contributed by atoms with Gasteiger partial charge in [0.25, 0.3) is 0 Å². The van der Waals surface area contributed by atoms with E-state index in [0.717, 1.165) is 12.0 Å². The lowest BCUT2D eigenvalue weighted by molar-refractivity contribution is 0.307. The molecule has 1 rings (SSSR count). The van der Waals surface area contributed by atoms with E-state index < -0.39 is 0 Å². The van der Waals surface area contributed by atoms with Gasteiger partial charge in [0.1, 0.15) is 0 Å². The van der Waals surface area contributed by atoms with E-state index in [1.54, 1.807) is 0 Å². The van der Waals surface area contributed by atoms with E-state index in [2.05, 4.69) is 26.1 Å². The fraction of sp³-hybridized carbons (Fsp3) is 1.00. The van der Waals surface area contributed by atoms with E-state index in [1.807, 2.05) is 0 Å². The predicted molar refractivity (Wildman–Crippen MR) is 72.8 cm³/mol. The van der Waals surface area contributed by atoms with Crippen molar-refractivity contribution in [2.24, 2.45) is 5.92 Å². The van der Waals surface area contributed by atoms with Crippen molar-refractivity contribution in [2.45, 2.75) is 90.6 Å². The van der Waals surface area contributed by atoms with E-state index in [9.17, 15) is 0 Å². The van der Waals surface area contributed by atoms with Gasteiger partial charge in [0.2, 0.25) is 0 Å². The summed E-state index contributed by atoms with van der Waals surface area (Å²) < 4.78 is 0. The molecule has 16 heavy (non-hydrogen) atoms. The van der Waals surface area contributed by atoms with Gasteiger partial charge in [-0.15, -0.1) is 0 Å². The molecule has 1 saturated carbocycles. The minimum Gasteiger partial charge on any atom is -0.312 e. The predicted octanol–water partition coefficient (Wildman–Crippen LogP) is 4.51. The third-order valence-electron chi connectivity index (χ3n) is 4.15. The third kappa shape index (κ3) is 5.34. The lowest BCUT2D eigenvalue weighted by atomic mass is 9.92. The molecule has 0 amide bonds. The summed E-state index contributed by atoms with van der Waals surface area (Å²) in [7, 11) is 0. The molecule has 0 saturated heterocycles. The first-order valence-electron chi connectivity index (χ1n) is 7.50. The molecule has 0 aromatic heterocycles. The lowest BCUT2D eigenvalue weighted by Crippen LogP contribution is -2.39. The molecule has 1 unspecified atom stereocenters. The third-order valence-corrected chi connectivity index (χ3v) is 4.15. The molecule has 0 heterocycles. The minimum atomic E-state index is 0.707. The van der Waals surface area contributed by atoms with Gasteiger partial charge in [0.05, 0.1) is 0 Å². The molecular formula is C15H31N. The first-order valence-corrected chi connectivity index (χ1v) is 7.50. The average molecular weight is 225 g/mol. The van der Waals surface area contributed by atoms with Gasteiger partial charge in [-0.05, 0) is 39.0 Å². The van der Waals surface area contributed by atoms with Gasteiger partial charge in [-0.3, -0.25) is 0 Å². The highest BCUT2D eigenvalue weighted by atomic mass is 14.9. The molecule has 1 fully saturated rings. The molecule has 0 aromatic rings. The van der Waals surface area contributed by atoms with Crippen LogP contribution in [0, 0.1) is 5.92 Å². The first kappa shape index (κ1) is 14.0. The molecular weight excluding hydrogens is 194 g/mol. The summed E-state index contributed by atoms with van der Waals surface area (Å²) in [5, 5.41) is 3.81. The zero-order valence-electron chi connectivity index (χ0n) is 11.6. The van der Waals surface area contributed by atoms with Crippen molar-refractivity contribution in [3.05, 3.63) is 0 Å². The van der Waals surface area contributed by atoms with Crippen LogP contribution in [0.2, 0.25) is 0 Å². The van der Waals surface area contributed by atoms with Crippen molar-refractivity contribution in [1.29, 1.82) is 0 Å². The summed E-state index contributed by atoms with van der Waals surface area (Å²) >= 11 is 0. The van der Waals surface area contributed by atoms with Crippen LogP contribution < -0.4 is 5.32 Å². The van der Waals surface area contributed by atoms with Crippen LogP contribution in [0.1, 0.15) is 78.6 Å². The molecule has 2 atom stereocenters. The minimum absolute atomic E-state index is 0.707. The molecule has 0 spiro atoms. The Morgan fingerprint density at radius 1 is 1.06 bits per heavy atom. The SMILES string of the molecule is CCCCC(C)N[C@@H](C)C1CCCCCC1. The Bertz CT molecular complexity index is 159. The van der Waals surface area contributed by atoms with Gasteiger partial charge in [0.15, 0.2) is 0 Å². The van der Waals surface area contributed by atoms with Crippen LogP contribution in [-0.4, -0.2) is 12.1 Å². The van der Waals surface area contributed by atoms with Gasteiger partial charge >= 0.3 is 0 Å². The molecule has 0 radical (unpaired) electrons. The highest BCUT2D eigenvalue weighted by Crippen LogP contribution is 2.25. The second-order valence-corrected chi connectivity index (χ2v) is 5.75. The zero-order valence-corrected chi connectivity index (χ0v) is 11.6. The van der Waals surface area contributed by atoms with Crippen LogP contribution in [0.4, 0.5) is 0 Å². The number of hydrogen-bond donors (Lipinski definition) is 1. The Morgan fingerprint density at radius 3 is 2.25 bits per heavy atom. The smallest absolute Gasteiger partial charge is 0.00694 e. The Morgan fingerprint density at radius 2 is 1.69 bits per heavy atom. The highest BCUT2D eigenvalue weighted by Gasteiger charge is 2.19. The molecule has 96 valence electrons. The standard InChI is InChI=1S/C15H31N/c1-4-5-10-13(2)16-14(3)15-11-8-6-7-9-12-15/h13-16H,4-12H2,1-3H3/t13?,14-/m0/s1. The van der Waals surface area contributed by atoms with E-state index in [1.165, 1.54) is 57.8 Å². The van der Waals surface area contributed by atoms with Gasteiger partial charge in [-0.2, -0.15) is 0 Å². The van der Waals surface area contributed by atoms with Crippen molar-refractivity contribution in [3.8, 4) is 0 Å². The average Bonchev–Trinajstić information content (AvgIpc) is 2.54. The van der Waals surface area contributed by atoms with Crippen LogP contribution in [0.15, 0.2) is 0 Å². The molecule has 0 aliphatic heterocycles. The molecule has 1 heteroatoms. The number of hydrogen-bond acceptors (Lipinski definition) is 1. The maximum atomic E-state index is 3.81. The topological polar surface area (TPSA) is 12.0 Å². The highest BCUT2D eigenvalue weighted by molar-refractivity contribution is 4.77. The van der Waals surface area contributed by atoms with Crippen LogP contribution in [0.25, 0.3) is 0 Å². The lowest BCUT2D eigenvalue weighted by Gasteiger charge is -2.27. The van der Waals surface area contributed by atoms with E-state index in [0.29, 0.717) is 6.04 Å². The Labute approximate surface area is 102 Å². The maximum Gasteiger partial charge on any atom is 0.00694 e. The molecule has 1 aliphatic carbocycles. The summed E-state index contributed by atoms with van der Waals surface area (Å²) in [6.45, 7) is 7.03. The van der Waals surface area contributed by atoms with Crippen LogP contribution in [-0.2, 0) is 0 Å². The van der Waals surface area contributed by atoms with Crippen molar-refractivity contribution in [3.63, 3.8) is 0 Å². The Kier molecular flexibility index (Phi) is 7.11. The number of rotatable bonds is 6. The fourth-order valence-electron chi connectivity index (χ4n) is 2.99. The molecule has 1 aliphatic rings. The summed E-state index contributed by atoms with van der Waals surface area (Å²) in [4.78, 5) is 0. The van der Waals surface area contributed by atoms with E-state index in [4.69, 9.17) is 0 Å². The normalized spacial score (nSPS) is 22.7. The van der Waals surface area contributed by atoms with Crippen molar-refractivity contribution in [2.75, 3.05) is 0 Å². The Hall–Kier alpha value is -0.0400. The van der Waals surface area contributed by atoms with Gasteiger partial charge < -0.3 is 5.32 Å². The molecule has 0 bridgehead atoms. The maximum absolute atomic E-state index is 3.81. The summed E-state index contributed by atoms with van der Waals surface area (Å²) in [6, 6.07) is 1.43. The first-order chi connectivity index (χ1) is 7.74. The van der Waals surface area contributed by atoms with Gasteiger partial charge in [0, 0.05) is 12.1 Å². The number of unbranched alkanes of at least 4 members (excludes halogenated alkanes) is 1. The monoisotopic (exact) mass is 225 g/mol. The largest absolute Gasteiger partial charge is 0.312 e. The second kappa shape index (κ2) is 8.11. The van der Waals surface area contributed by atoms with Crippen LogP contribution >= 0.6 is 0 Å². The van der Waals surface area contributed by atoms with Gasteiger partial charge in [-0.25, -0.2) is 0 Å². The number of nitrogens with one attached hydrogen (secondary N) is 1. The van der Waals surface area contributed by atoms with Crippen molar-refractivity contribution >= 4 is 0 Å². The fourth-order valence-corrected chi connectivity index (χ4v) is 2.99. The van der Waals surface area contributed by atoms with Crippen LogP contribution in [0.5, 0.6) is 0 Å². The van der Waals surface area contributed by atoms with Crippen molar-refractivity contribution < 1.29 is 0 Å². The zero-order chi connectivity index (χ0) is 11.8. The summed E-state index contributed by atoms with van der Waals surface area (Å²) in [5.74, 6) is 0.937. The van der Waals surface area contributed by atoms with E-state index >= 15 is 0 Å². The van der Waals surface area contributed by atoms with E-state index in [-0.39, 0.29) is 0 Å². The quantitative estimate of drug-likeness (QED) is 0.656. The second-order valence-electron chi connectivity index (χ2n) is 5.75. The molecule has 1 nitrogen and oxygen atoms in total. The summed E-state index contributed by atoms with van der Waals surface area (Å²) in [6.07, 6.45) is 12.8. The molecule has 1 N–H and O–H groups in total. The van der Waals surface area contributed by atoms with Crippen LogP contribution in [0.3, 0.4) is 0 Å².